The average Bonchev–Trinajstić information content (AvgIpc) is 2.49. The van der Waals surface area contributed by atoms with Crippen LogP contribution in [0, 0.1) is 23.0 Å². The number of allylic oxidation sites excluding steroid dienone is 2. The van der Waals surface area contributed by atoms with Crippen LogP contribution in [-0.2, 0) is 9.47 Å². The van der Waals surface area contributed by atoms with Gasteiger partial charge in [-0.25, -0.2) is 0 Å². The molecule has 0 aromatic heterocycles. The van der Waals surface area contributed by atoms with Crippen molar-refractivity contribution < 1.29 is 14.3 Å². The van der Waals surface area contributed by atoms with Crippen molar-refractivity contribution in [3.63, 3.8) is 0 Å². The maximum absolute atomic E-state index is 12.2. The number of hydrogen-bond acceptors (Lipinski definition) is 5. The molecule has 20 heavy (non-hydrogen) atoms. The van der Waals surface area contributed by atoms with Crippen molar-refractivity contribution in [2.24, 2.45) is 0 Å². The molecule has 0 aliphatic heterocycles. The highest BCUT2D eigenvalue weighted by Gasteiger charge is 2.34. The second kappa shape index (κ2) is 5.73. The second-order valence-corrected chi connectivity index (χ2v) is 4.09. The van der Waals surface area contributed by atoms with Crippen LogP contribution in [0.4, 0.5) is 0 Å². The van der Waals surface area contributed by atoms with E-state index in [9.17, 15) is 4.79 Å². The van der Waals surface area contributed by atoms with Gasteiger partial charge in [-0.05, 0) is 6.08 Å². The van der Waals surface area contributed by atoms with E-state index in [0.29, 0.717) is 11.1 Å². The van der Waals surface area contributed by atoms with E-state index in [1.807, 2.05) is 6.07 Å². The predicted molar refractivity (Wildman–Crippen MR) is 68.7 cm³/mol. The number of hydrogen-bond donors (Lipinski definition) is 0. The number of ether oxygens (including phenoxy) is 2. The molecular weight excluding hydrogens is 256 g/mol. The lowest BCUT2D eigenvalue weighted by Gasteiger charge is -2.25. The number of carbonyl (C=O) groups is 1. The minimum absolute atomic E-state index is 0.110. The molecule has 1 aromatic carbocycles. The van der Waals surface area contributed by atoms with E-state index in [1.165, 1.54) is 24.7 Å². The predicted octanol–water partition coefficient (Wildman–Crippen LogP) is 2.45. The summed E-state index contributed by atoms with van der Waals surface area (Å²) in [6, 6.07) is 8.83. The number of rotatable bonds is 4. The summed E-state index contributed by atoms with van der Waals surface area (Å²) in [5.74, 6) is -1.58. The molecule has 2 rings (SSSR count). The third kappa shape index (κ3) is 2.68. The number of Topliss-reactive ketones (excluding diaryl/α,β-unsaturated/α-hetero) is 1. The fraction of sp³-hybridized carbons (Fsp3) is 0.133. The molecule has 1 aromatic rings. The van der Waals surface area contributed by atoms with Crippen LogP contribution in [0.25, 0.3) is 0 Å². The minimum Gasteiger partial charge on any atom is -0.377 e. The fourth-order valence-electron chi connectivity index (χ4n) is 1.86. The van der Waals surface area contributed by atoms with Gasteiger partial charge in [0.2, 0.25) is 0 Å². The second-order valence-electron chi connectivity index (χ2n) is 4.09. The largest absolute Gasteiger partial charge is 0.377 e. The SMILES string of the molecule is N#COC1(OC#N)C=CC(C(=O)c2ccccc2)=CC1. The van der Waals surface area contributed by atoms with Gasteiger partial charge in [-0.15, -0.1) is 0 Å². The Balaban J connectivity index is 2.18. The molecule has 0 N–H and O–H groups in total. The van der Waals surface area contributed by atoms with E-state index >= 15 is 0 Å². The molecule has 0 bridgehead atoms. The Kier molecular flexibility index (Phi) is 3.83. The molecule has 0 fully saturated rings. The van der Waals surface area contributed by atoms with E-state index in [2.05, 4.69) is 0 Å². The van der Waals surface area contributed by atoms with Gasteiger partial charge in [0.25, 0.3) is 18.3 Å². The van der Waals surface area contributed by atoms with Crippen molar-refractivity contribution >= 4 is 5.78 Å². The molecule has 1 aliphatic rings. The lowest BCUT2D eigenvalue weighted by atomic mass is 9.95. The van der Waals surface area contributed by atoms with Gasteiger partial charge in [-0.2, -0.15) is 10.5 Å². The van der Waals surface area contributed by atoms with Crippen LogP contribution in [0.3, 0.4) is 0 Å². The van der Waals surface area contributed by atoms with Gasteiger partial charge in [0, 0.05) is 23.6 Å². The van der Waals surface area contributed by atoms with Crippen molar-refractivity contribution in [2.45, 2.75) is 12.2 Å². The Hall–Kier alpha value is -3.05. The fourth-order valence-corrected chi connectivity index (χ4v) is 1.86. The summed E-state index contributed by atoms with van der Waals surface area (Å²) in [7, 11) is 0. The van der Waals surface area contributed by atoms with Gasteiger partial charge in [-0.1, -0.05) is 36.4 Å². The standard InChI is InChI=1S/C15H10N2O3/c16-10-19-15(20-11-17)8-6-13(7-9-15)14(18)12-4-2-1-3-5-12/h1-8H,9H2. The van der Waals surface area contributed by atoms with Gasteiger partial charge >= 0.3 is 0 Å². The average molecular weight is 266 g/mol. The number of nitrogens with zero attached hydrogens (tertiary/aromatic N) is 2. The molecule has 98 valence electrons. The first-order valence-corrected chi connectivity index (χ1v) is 5.84. The van der Waals surface area contributed by atoms with Crippen molar-refractivity contribution in [2.75, 3.05) is 0 Å². The van der Waals surface area contributed by atoms with E-state index in [0.717, 1.165) is 0 Å². The van der Waals surface area contributed by atoms with Gasteiger partial charge in [-0.3, -0.25) is 4.79 Å². The van der Waals surface area contributed by atoms with Gasteiger partial charge in [0.05, 0.1) is 0 Å². The van der Waals surface area contributed by atoms with Crippen molar-refractivity contribution in [1.29, 1.82) is 10.5 Å². The smallest absolute Gasteiger partial charge is 0.298 e. The van der Waals surface area contributed by atoms with Crippen molar-refractivity contribution in [3.05, 3.63) is 59.7 Å². The lowest BCUT2D eigenvalue weighted by Crippen LogP contribution is -2.32. The van der Waals surface area contributed by atoms with Crippen LogP contribution in [0.5, 0.6) is 0 Å². The van der Waals surface area contributed by atoms with Crippen molar-refractivity contribution in [3.8, 4) is 12.5 Å². The quantitative estimate of drug-likeness (QED) is 0.475. The molecule has 1 aliphatic carbocycles. The molecule has 0 atom stereocenters. The number of nitriles is 2. The van der Waals surface area contributed by atoms with E-state index in [-0.39, 0.29) is 12.2 Å². The molecule has 0 amide bonds. The van der Waals surface area contributed by atoms with Crippen LogP contribution in [0.15, 0.2) is 54.1 Å². The third-order valence-corrected chi connectivity index (χ3v) is 2.86. The summed E-state index contributed by atoms with van der Waals surface area (Å²) in [6.07, 6.45) is 7.58. The van der Waals surface area contributed by atoms with Crippen LogP contribution in [0.2, 0.25) is 0 Å². The molecule has 0 saturated heterocycles. The summed E-state index contributed by atoms with van der Waals surface area (Å²) in [5, 5.41) is 17.2. The molecule has 5 heteroatoms. The first-order valence-electron chi connectivity index (χ1n) is 5.84. The first kappa shape index (κ1) is 13.4. The molecule has 0 saturated carbocycles. The van der Waals surface area contributed by atoms with Crippen molar-refractivity contribution in [1.82, 2.24) is 0 Å². The zero-order valence-corrected chi connectivity index (χ0v) is 10.4. The lowest BCUT2D eigenvalue weighted by molar-refractivity contribution is -0.115. The number of ketones is 1. The Morgan fingerprint density at radius 2 is 1.80 bits per heavy atom. The molecule has 0 unspecified atom stereocenters. The Morgan fingerprint density at radius 1 is 1.15 bits per heavy atom. The molecule has 5 nitrogen and oxygen atoms in total. The monoisotopic (exact) mass is 266 g/mol. The normalized spacial score (nSPS) is 15.4. The summed E-state index contributed by atoms with van der Waals surface area (Å²) < 4.78 is 9.53. The highest BCUT2D eigenvalue weighted by atomic mass is 16.7. The summed E-state index contributed by atoms with van der Waals surface area (Å²) in [6.45, 7) is 0. The molecule has 0 spiro atoms. The van der Waals surface area contributed by atoms with E-state index < -0.39 is 5.79 Å². The maximum atomic E-state index is 12.2. The number of carbonyl (C=O) groups excluding carboxylic acids is 1. The van der Waals surface area contributed by atoms with Crippen LogP contribution in [0.1, 0.15) is 16.8 Å². The third-order valence-electron chi connectivity index (χ3n) is 2.86. The van der Waals surface area contributed by atoms with Gasteiger partial charge in [0.15, 0.2) is 5.78 Å². The zero-order valence-electron chi connectivity index (χ0n) is 10.4. The summed E-state index contributed by atoms with van der Waals surface area (Å²) >= 11 is 0. The Morgan fingerprint density at radius 3 is 2.30 bits per heavy atom. The van der Waals surface area contributed by atoms with E-state index in [4.69, 9.17) is 20.0 Å². The highest BCUT2D eigenvalue weighted by Crippen LogP contribution is 2.27. The Labute approximate surface area is 116 Å². The minimum atomic E-state index is -1.44. The van der Waals surface area contributed by atoms with Crippen LogP contribution in [-0.4, -0.2) is 11.6 Å². The van der Waals surface area contributed by atoms with Crippen LogP contribution < -0.4 is 0 Å². The molecule has 0 heterocycles. The highest BCUT2D eigenvalue weighted by molar-refractivity contribution is 6.10. The van der Waals surface area contributed by atoms with Gasteiger partial charge in [0.1, 0.15) is 0 Å². The summed E-state index contributed by atoms with van der Waals surface area (Å²) in [5.41, 5.74) is 1.04. The number of benzene rings is 1. The van der Waals surface area contributed by atoms with Crippen LogP contribution >= 0.6 is 0 Å². The molecular formula is C15H10N2O3. The molecule has 0 radical (unpaired) electrons. The van der Waals surface area contributed by atoms with Gasteiger partial charge < -0.3 is 9.47 Å². The van der Waals surface area contributed by atoms with E-state index in [1.54, 1.807) is 30.3 Å². The Bertz CT molecular complexity index is 632. The topological polar surface area (TPSA) is 83.1 Å². The summed E-state index contributed by atoms with van der Waals surface area (Å²) in [4.78, 5) is 12.2. The zero-order chi connectivity index (χ0) is 14.4. The first-order chi connectivity index (χ1) is 9.71. The maximum Gasteiger partial charge on any atom is 0.298 e.